The number of sulfonamides is 1. The van der Waals surface area contributed by atoms with Gasteiger partial charge < -0.3 is 4.90 Å². The van der Waals surface area contributed by atoms with Gasteiger partial charge in [0.1, 0.15) is 5.75 Å². The van der Waals surface area contributed by atoms with Gasteiger partial charge in [0.25, 0.3) is 0 Å². The van der Waals surface area contributed by atoms with E-state index in [9.17, 15) is 21.6 Å². The number of halogens is 1. The topological polar surface area (TPSA) is 115 Å². The van der Waals surface area contributed by atoms with Gasteiger partial charge in [0, 0.05) is 12.1 Å². The minimum Gasteiger partial charge on any atom is -0.338 e. The molecule has 27 heavy (non-hydrogen) atoms. The molecular formula is C17H19ClN2O5S2. The Morgan fingerprint density at radius 1 is 1.07 bits per heavy atom. The Hall–Kier alpha value is -1.94. The molecule has 0 aliphatic carbocycles. The van der Waals surface area contributed by atoms with Crippen LogP contribution in [0.2, 0.25) is 5.02 Å². The summed E-state index contributed by atoms with van der Waals surface area (Å²) in [4.78, 5) is 13.6. The largest absolute Gasteiger partial charge is 0.338 e. The maximum absolute atomic E-state index is 12.5. The summed E-state index contributed by atoms with van der Waals surface area (Å²) >= 11 is 5.75. The highest BCUT2D eigenvalue weighted by molar-refractivity contribution is 7.92. The van der Waals surface area contributed by atoms with Crippen LogP contribution in [0.3, 0.4) is 0 Å². The Morgan fingerprint density at radius 2 is 1.67 bits per heavy atom. The van der Waals surface area contributed by atoms with E-state index in [1.807, 2.05) is 0 Å². The van der Waals surface area contributed by atoms with E-state index < -0.39 is 37.6 Å². The highest BCUT2D eigenvalue weighted by Gasteiger charge is 2.25. The summed E-state index contributed by atoms with van der Waals surface area (Å²) in [7, 11) is -6.27. The fraction of sp³-hybridized carbons (Fsp3) is 0.235. The average Bonchev–Trinajstić information content (AvgIpc) is 2.59. The molecular weight excluding hydrogens is 412 g/mol. The van der Waals surface area contributed by atoms with Crippen LogP contribution in [0.15, 0.2) is 58.3 Å². The molecule has 0 spiro atoms. The second-order valence-electron chi connectivity index (χ2n) is 6.01. The second-order valence-corrected chi connectivity index (χ2v) is 10.00. The predicted molar refractivity (Wildman–Crippen MR) is 103 cm³/mol. The SMILES string of the molecule is CC(c1cccc(S(N)(=O)=O)c1)N(C)C(=O)CS(=O)(=O)c1ccc(Cl)cc1. The molecule has 2 aromatic rings. The first kappa shape index (κ1) is 21.4. The van der Waals surface area contributed by atoms with E-state index in [1.54, 1.807) is 13.0 Å². The maximum Gasteiger partial charge on any atom is 0.238 e. The Morgan fingerprint density at radius 3 is 2.22 bits per heavy atom. The first-order chi connectivity index (χ1) is 12.4. The van der Waals surface area contributed by atoms with Crippen LogP contribution < -0.4 is 5.14 Å². The van der Waals surface area contributed by atoms with Gasteiger partial charge in [0.05, 0.1) is 15.8 Å². The molecule has 0 aromatic heterocycles. The van der Waals surface area contributed by atoms with E-state index in [4.69, 9.17) is 16.7 Å². The van der Waals surface area contributed by atoms with Crippen LogP contribution in [0.25, 0.3) is 0 Å². The molecule has 1 atom stereocenters. The van der Waals surface area contributed by atoms with Gasteiger partial charge in [-0.25, -0.2) is 22.0 Å². The number of carbonyl (C=O) groups is 1. The van der Waals surface area contributed by atoms with Gasteiger partial charge in [0.2, 0.25) is 15.9 Å². The smallest absolute Gasteiger partial charge is 0.238 e. The minimum atomic E-state index is -3.88. The van der Waals surface area contributed by atoms with E-state index >= 15 is 0 Å². The summed E-state index contributed by atoms with van der Waals surface area (Å²) in [6.07, 6.45) is 0. The third-order valence-electron chi connectivity index (χ3n) is 4.13. The number of amides is 1. The van der Waals surface area contributed by atoms with Gasteiger partial charge in [-0.2, -0.15) is 0 Å². The molecule has 1 unspecified atom stereocenters. The molecule has 0 aliphatic heterocycles. The van der Waals surface area contributed by atoms with Crippen LogP contribution in [-0.2, 0) is 24.7 Å². The zero-order valence-corrected chi connectivity index (χ0v) is 17.1. The average molecular weight is 431 g/mol. The van der Waals surface area contributed by atoms with Gasteiger partial charge in [-0.3, -0.25) is 4.79 Å². The van der Waals surface area contributed by atoms with Gasteiger partial charge in [-0.05, 0) is 48.9 Å². The fourth-order valence-electron chi connectivity index (χ4n) is 2.38. The molecule has 7 nitrogen and oxygen atoms in total. The Kier molecular flexibility index (Phi) is 6.31. The number of nitrogens with zero attached hydrogens (tertiary/aromatic N) is 1. The van der Waals surface area contributed by atoms with Crippen molar-refractivity contribution >= 4 is 37.4 Å². The maximum atomic E-state index is 12.5. The van der Waals surface area contributed by atoms with Crippen molar-refractivity contribution in [3.8, 4) is 0 Å². The van der Waals surface area contributed by atoms with E-state index in [-0.39, 0.29) is 9.79 Å². The number of nitrogens with two attached hydrogens (primary N) is 1. The van der Waals surface area contributed by atoms with E-state index in [2.05, 4.69) is 0 Å². The van der Waals surface area contributed by atoms with Crippen molar-refractivity contribution in [2.24, 2.45) is 5.14 Å². The molecule has 0 saturated carbocycles. The number of hydrogen-bond donors (Lipinski definition) is 1. The third-order valence-corrected chi connectivity index (χ3v) is 6.91. The summed E-state index contributed by atoms with van der Waals surface area (Å²) in [6.45, 7) is 1.66. The molecule has 2 aromatic carbocycles. The second kappa shape index (κ2) is 7.97. The lowest BCUT2D eigenvalue weighted by molar-refractivity contribution is -0.129. The number of carbonyl (C=O) groups excluding carboxylic acids is 1. The molecule has 2 rings (SSSR count). The number of primary sulfonamides is 1. The standard InChI is InChI=1S/C17H19ClN2O5S2/c1-12(13-4-3-5-16(10-13)27(19,24)25)20(2)17(21)11-26(22,23)15-8-6-14(18)7-9-15/h3-10,12H,11H2,1-2H3,(H2,19,24,25). The van der Waals surface area contributed by atoms with Crippen LogP contribution in [-0.4, -0.2) is 40.4 Å². The Labute approximate surface area is 163 Å². The lowest BCUT2D eigenvalue weighted by Crippen LogP contribution is -2.34. The van der Waals surface area contributed by atoms with Crippen molar-refractivity contribution < 1.29 is 21.6 Å². The van der Waals surface area contributed by atoms with Crippen molar-refractivity contribution in [3.63, 3.8) is 0 Å². The molecule has 0 saturated heterocycles. The molecule has 10 heteroatoms. The predicted octanol–water partition coefficient (Wildman–Crippen LogP) is 1.98. The Bertz CT molecular complexity index is 1050. The first-order valence-electron chi connectivity index (χ1n) is 7.78. The van der Waals surface area contributed by atoms with Crippen LogP contribution in [0.4, 0.5) is 0 Å². The van der Waals surface area contributed by atoms with Crippen LogP contribution >= 0.6 is 11.6 Å². The fourth-order valence-corrected chi connectivity index (χ4v) is 4.32. The lowest BCUT2D eigenvalue weighted by Gasteiger charge is -2.25. The molecule has 1 amide bonds. The van der Waals surface area contributed by atoms with E-state index in [0.717, 1.165) is 0 Å². The van der Waals surface area contributed by atoms with E-state index in [0.29, 0.717) is 10.6 Å². The number of sulfone groups is 1. The minimum absolute atomic E-state index is 0.00229. The quantitative estimate of drug-likeness (QED) is 0.752. The Balaban J connectivity index is 2.20. The van der Waals surface area contributed by atoms with Crippen molar-refractivity contribution in [2.75, 3.05) is 12.8 Å². The van der Waals surface area contributed by atoms with Gasteiger partial charge in [0.15, 0.2) is 9.84 Å². The van der Waals surface area contributed by atoms with Crippen LogP contribution in [0.1, 0.15) is 18.5 Å². The summed E-state index contributed by atoms with van der Waals surface area (Å²) < 4.78 is 47.8. The normalized spacial score (nSPS) is 13.2. The molecule has 0 bridgehead atoms. The molecule has 0 heterocycles. The van der Waals surface area contributed by atoms with Crippen molar-refractivity contribution in [1.82, 2.24) is 4.90 Å². The number of benzene rings is 2. The molecule has 146 valence electrons. The van der Waals surface area contributed by atoms with Crippen LogP contribution in [0, 0.1) is 0 Å². The van der Waals surface area contributed by atoms with Gasteiger partial charge in [-0.1, -0.05) is 23.7 Å². The molecule has 0 radical (unpaired) electrons. The monoisotopic (exact) mass is 430 g/mol. The highest BCUT2D eigenvalue weighted by Crippen LogP contribution is 2.23. The summed E-state index contributed by atoms with van der Waals surface area (Å²) in [5, 5.41) is 5.51. The highest BCUT2D eigenvalue weighted by atomic mass is 35.5. The van der Waals surface area contributed by atoms with Crippen molar-refractivity contribution in [2.45, 2.75) is 22.8 Å². The summed E-state index contributed by atoms with van der Waals surface area (Å²) in [5.74, 6) is -1.34. The van der Waals surface area contributed by atoms with Crippen molar-refractivity contribution in [3.05, 3.63) is 59.1 Å². The lowest BCUT2D eigenvalue weighted by atomic mass is 10.1. The van der Waals surface area contributed by atoms with Gasteiger partial charge >= 0.3 is 0 Å². The van der Waals surface area contributed by atoms with Crippen molar-refractivity contribution in [1.29, 1.82) is 0 Å². The number of hydrogen-bond acceptors (Lipinski definition) is 5. The first-order valence-corrected chi connectivity index (χ1v) is 11.4. The summed E-state index contributed by atoms with van der Waals surface area (Å²) in [6, 6.07) is 10.8. The van der Waals surface area contributed by atoms with E-state index in [1.165, 1.54) is 54.4 Å². The molecule has 0 fully saturated rings. The zero-order valence-electron chi connectivity index (χ0n) is 14.7. The van der Waals surface area contributed by atoms with Crippen LogP contribution in [0.5, 0.6) is 0 Å². The summed E-state index contributed by atoms with van der Waals surface area (Å²) in [5.41, 5.74) is 0.515. The van der Waals surface area contributed by atoms with Gasteiger partial charge in [-0.15, -0.1) is 0 Å². The third kappa shape index (κ3) is 5.29. The molecule has 2 N–H and O–H groups in total. The molecule has 0 aliphatic rings. The zero-order chi connectivity index (χ0) is 20.4. The number of rotatable bonds is 6.